The van der Waals surface area contributed by atoms with Crippen LogP contribution in [0.1, 0.15) is 31.4 Å². The molecule has 1 rings (SSSR count). The Morgan fingerprint density at radius 1 is 1.53 bits per heavy atom. The van der Waals surface area contributed by atoms with Crippen molar-refractivity contribution in [2.45, 2.75) is 31.3 Å². The van der Waals surface area contributed by atoms with Crippen molar-refractivity contribution in [3.05, 3.63) is 29.3 Å². The molecule has 4 heteroatoms. The van der Waals surface area contributed by atoms with Gasteiger partial charge in [0.25, 0.3) is 0 Å². The van der Waals surface area contributed by atoms with E-state index in [1.807, 2.05) is 30.0 Å². The molecule has 94 valence electrons. The van der Waals surface area contributed by atoms with E-state index in [-0.39, 0.29) is 5.84 Å². The predicted molar refractivity (Wildman–Crippen MR) is 75.1 cm³/mol. The van der Waals surface area contributed by atoms with Gasteiger partial charge in [-0.2, -0.15) is 11.8 Å². The van der Waals surface area contributed by atoms with Crippen molar-refractivity contribution in [3.8, 4) is 5.75 Å². The second-order valence-electron chi connectivity index (χ2n) is 3.98. The normalized spacial score (nSPS) is 12.2. The first kappa shape index (κ1) is 13.9. The van der Waals surface area contributed by atoms with Crippen LogP contribution in [0.3, 0.4) is 0 Å². The molecule has 0 heterocycles. The van der Waals surface area contributed by atoms with Gasteiger partial charge in [0.15, 0.2) is 0 Å². The Morgan fingerprint density at radius 3 is 2.76 bits per heavy atom. The predicted octanol–water partition coefficient (Wildman–Crippen LogP) is 3.01. The third kappa shape index (κ3) is 3.97. The Morgan fingerprint density at radius 2 is 2.24 bits per heavy atom. The summed E-state index contributed by atoms with van der Waals surface area (Å²) in [4.78, 5) is 0. The summed E-state index contributed by atoms with van der Waals surface area (Å²) in [5.41, 5.74) is 7.40. The molecule has 0 aliphatic rings. The first-order valence-electron chi connectivity index (χ1n) is 5.71. The fourth-order valence-electron chi connectivity index (χ4n) is 1.41. The largest absolute Gasteiger partial charge is 0.496 e. The number of rotatable bonds is 6. The maximum Gasteiger partial charge on any atom is 0.129 e. The number of hydrogen-bond donors (Lipinski definition) is 2. The van der Waals surface area contributed by atoms with Crippen molar-refractivity contribution in [2.24, 2.45) is 5.73 Å². The Balaban J connectivity index is 2.81. The number of nitrogen functional groups attached to an aromatic ring is 1. The lowest BCUT2D eigenvalue weighted by Crippen LogP contribution is -2.13. The van der Waals surface area contributed by atoms with E-state index < -0.39 is 0 Å². The quantitative estimate of drug-likeness (QED) is 0.604. The second kappa shape index (κ2) is 6.55. The summed E-state index contributed by atoms with van der Waals surface area (Å²) in [6.45, 7) is 4.41. The van der Waals surface area contributed by atoms with Crippen LogP contribution in [0.5, 0.6) is 5.75 Å². The van der Waals surface area contributed by atoms with Crippen LogP contribution in [-0.2, 0) is 5.75 Å². The van der Waals surface area contributed by atoms with Gasteiger partial charge in [0.05, 0.1) is 12.7 Å². The summed E-state index contributed by atoms with van der Waals surface area (Å²) in [6.07, 6.45) is 1.17. The van der Waals surface area contributed by atoms with E-state index in [9.17, 15) is 0 Å². The highest BCUT2D eigenvalue weighted by Gasteiger charge is 2.08. The lowest BCUT2D eigenvalue weighted by atomic mass is 10.1. The molecule has 3 N–H and O–H groups in total. The number of hydrogen-bond acceptors (Lipinski definition) is 3. The Hall–Kier alpha value is -1.16. The molecular formula is C13H20N2OS. The number of methoxy groups -OCH3 is 1. The van der Waals surface area contributed by atoms with Crippen molar-refractivity contribution in [1.29, 1.82) is 5.41 Å². The van der Waals surface area contributed by atoms with Crippen LogP contribution in [0, 0.1) is 5.41 Å². The molecule has 0 amide bonds. The Labute approximate surface area is 107 Å². The molecule has 0 saturated heterocycles. The molecule has 0 fully saturated rings. The van der Waals surface area contributed by atoms with Crippen molar-refractivity contribution in [1.82, 2.24) is 0 Å². The van der Waals surface area contributed by atoms with Gasteiger partial charge in [-0.15, -0.1) is 0 Å². The van der Waals surface area contributed by atoms with Crippen LogP contribution in [0.4, 0.5) is 0 Å². The zero-order valence-corrected chi connectivity index (χ0v) is 11.4. The smallest absolute Gasteiger partial charge is 0.129 e. The highest BCUT2D eigenvalue weighted by molar-refractivity contribution is 7.99. The lowest BCUT2D eigenvalue weighted by Gasteiger charge is -2.11. The van der Waals surface area contributed by atoms with Gasteiger partial charge in [0, 0.05) is 11.0 Å². The zero-order valence-electron chi connectivity index (χ0n) is 10.6. The first-order valence-corrected chi connectivity index (χ1v) is 6.76. The minimum absolute atomic E-state index is 0.0530. The lowest BCUT2D eigenvalue weighted by molar-refractivity contribution is 0.413. The van der Waals surface area contributed by atoms with Crippen LogP contribution in [0.2, 0.25) is 0 Å². The summed E-state index contributed by atoms with van der Waals surface area (Å²) in [6, 6.07) is 5.85. The highest BCUT2D eigenvalue weighted by Crippen LogP contribution is 2.24. The van der Waals surface area contributed by atoms with E-state index in [0.29, 0.717) is 16.6 Å². The van der Waals surface area contributed by atoms with Gasteiger partial charge in [-0.3, -0.25) is 5.41 Å². The van der Waals surface area contributed by atoms with E-state index in [1.165, 1.54) is 12.0 Å². The molecular weight excluding hydrogens is 232 g/mol. The molecule has 0 saturated carbocycles. The van der Waals surface area contributed by atoms with Crippen LogP contribution >= 0.6 is 11.8 Å². The third-order valence-corrected chi connectivity index (χ3v) is 4.07. The fraction of sp³-hybridized carbons (Fsp3) is 0.462. The first-order chi connectivity index (χ1) is 8.08. The number of amidine groups is 1. The van der Waals surface area contributed by atoms with Gasteiger partial charge in [-0.1, -0.05) is 19.9 Å². The van der Waals surface area contributed by atoms with Crippen molar-refractivity contribution < 1.29 is 4.74 Å². The number of nitrogens with two attached hydrogens (primary N) is 1. The molecule has 0 aromatic heterocycles. The molecule has 0 spiro atoms. The monoisotopic (exact) mass is 252 g/mol. The SMILES string of the molecule is CCC(C)SCc1ccc(OC)c(C(=N)N)c1. The van der Waals surface area contributed by atoms with Gasteiger partial charge < -0.3 is 10.5 Å². The average molecular weight is 252 g/mol. The topological polar surface area (TPSA) is 59.1 Å². The van der Waals surface area contributed by atoms with E-state index in [1.54, 1.807) is 7.11 Å². The van der Waals surface area contributed by atoms with Crippen LogP contribution in [0.25, 0.3) is 0 Å². The van der Waals surface area contributed by atoms with Crippen molar-refractivity contribution in [3.63, 3.8) is 0 Å². The minimum atomic E-state index is 0.0530. The summed E-state index contributed by atoms with van der Waals surface area (Å²) in [5, 5.41) is 8.17. The molecule has 0 bridgehead atoms. The minimum Gasteiger partial charge on any atom is -0.496 e. The van der Waals surface area contributed by atoms with E-state index >= 15 is 0 Å². The van der Waals surface area contributed by atoms with Crippen LogP contribution < -0.4 is 10.5 Å². The zero-order chi connectivity index (χ0) is 12.8. The van der Waals surface area contributed by atoms with E-state index in [0.717, 1.165) is 5.75 Å². The maximum atomic E-state index is 7.52. The molecule has 1 aromatic rings. The van der Waals surface area contributed by atoms with Gasteiger partial charge in [-0.05, 0) is 24.1 Å². The summed E-state index contributed by atoms with van der Waals surface area (Å²) < 4.78 is 5.18. The molecule has 3 nitrogen and oxygen atoms in total. The van der Waals surface area contributed by atoms with E-state index in [2.05, 4.69) is 13.8 Å². The molecule has 0 aliphatic carbocycles. The summed E-state index contributed by atoms with van der Waals surface area (Å²) in [5.74, 6) is 1.66. The molecule has 0 radical (unpaired) electrons. The molecule has 1 atom stereocenters. The molecule has 1 unspecified atom stereocenters. The number of thioether (sulfide) groups is 1. The van der Waals surface area contributed by atoms with Crippen LogP contribution in [0.15, 0.2) is 18.2 Å². The van der Waals surface area contributed by atoms with Gasteiger partial charge >= 0.3 is 0 Å². The standard InChI is InChI=1S/C13H20N2OS/c1-4-9(2)17-8-10-5-6-12(16-3)11(7-10)13(14)15/h5-7,9H,4,8H2,1-3H3,(H3,14,15). The Kier molecular flexibility index (Phi) is 5.35. The second-order valence-corrected chi connectivity index (χ2v) is 5.40. The Bertz CT molecular complexity index is 393. The molecule has 17 heavy (non-hydrogen) atoms. The third-order valence-electron chi connectivity index (χ3n) is 2.66. The van der Waals surface area contributed by atoms with Gasteiger partial charge in [0.2, 0.25) is 0 Å². The maximum absolute atomic E-state index is 7.52. The number of nitrogens with one attached hydrogen (secondary N) is 1. The van der Waals surface area contributed by atoms with Crippen LogP contribution in [-0.4, -0.2) is 18.2 Å². The van der Waals surface area contributed by atoms with Gasteiger partial charge in [0.1, 0.15) is 11.6 Å². The van der Waals surface area contributed by atoms with Crippen molar-refractivity contribution >= 4 is 17.6 Å². The molecule has 0 aliphatic heterocycles. The molecule has 1 aromatic carbocycles. The number of benzene rings is 1. The average Bonchev–Trinajstić information content (AvgIpc) is 2.35. The van der Waals surface area contributed by atoms with Gasteiger partial charge in [-0.25, -0.2) is 0 Å². The summed E-state index contributed by atoms with van der Waals surface area (Å²) in [7, 11) is 1.59. The van der Waals surface area contributed by atoms with E-state index in [4.69, 9.17) is 15.9 Å². The fourth-order valence-corrected chi connectivity index (χ4v) is 2.30. The number of ether oxygens (including phenoxy) is 1. The van der Waals surface area contributed by atoms with Crippen molar-refractivity contribution in [2.75, 3.05) is 7.11 Å². The highest BCUT2D eigenvalue weighted by atomic mass is 32.2. The summed E-state index contributed by atoms with van der Waals surface area (Å²) >= 11 is 1.91.